The smallest absolute Gasteiger partial charge is 0.0189 e. The molecule has 1 saturated carbocycles. The van der Waals surface area contributed by atoms with E-state index >= 15 is 0 Å². The van der Waals surface area contributed by atoms with Gasteiger partial charge in [-0.1, -0.05) is 19.1 Å². The van der Waals surface area contributed by atoms with E-state index in [4.69, 9.17) is 5.73 Å². The molecule has 0 aromatic rings. The third-order valence-electron chi connectivity index (χ3n) is 3.34. The van der Waals surface area contributed by atoms with Crippen molar-refractivity contribution >= 4 is 0 Å². The highest BCUT2D eigenvalue weighted by molar-refractivity contribution is 4.97. The number of hydrogen-bond acceptors (Lipinski definition) is 2. The monoisotopic (exact) mass is 196 g/mol. The normalized spacial score (nSPS) is 28.0. The molecule has 0 heterocycles. The lowest BCUT2D eigenvalue weighted by Gasteiger charge is -2.33. The Balaban J connectivity index is 2.30. The molecule has 2 N–H and O–H groups in total. The molecule has 14 heavy (non-hydrogen) atoms. The minimum absolute atomic E-state index is 0.453. The van der Waals surface area contributed by atoms with Crippen molar-refractivity contribution in [3.63, 3.8) is 0 Å². The fourth-order valence-electron chi connectivity index (χ4n) is 2.14. The van der Waals surface area contributed by atoms with Crippen LogP contribution in [0.2, 0.25) is 0 Å². The molecule has 0 aromatic heterocycles. The van der Waals surface area contributed by atoms with Crippen LogP contribution in [0.3, 0.4) is 0 Å². The molecular formula is C12H24N2. The Morgan fingerprint density at radius 3 is 2.43 bits per heavy atom. The molecule has 1 fully saturated rings. The van der Waals surface area contributed by atoms with Gasteiger partial charge in [0.2, 0.25) is 0 Å². The van der Waals surface area contributed by atoms with Crippen LogP contribution in [0.15, 0.2) is 12.2 Å². The van der Waals surface area contributed by atoms with E-state index in [-0.39, 0.29) is 0 Å². The zero-order valence-electron chi connectivity index (χ0n) is 9.63. The first-order chi connectivity index (χ1) is 6.63. The van der Waals surface area contributed by atoms with Crippen molar-refractivity contribution in [2.75, 3.05) is 13.6 Å². The molecule has 1 aliphatic rings. The van der Waals surface area contributed by atoms with Crippen LogP contribution in [0.5, 0.6) is 0 Å². The van der Waals surface area contributed by atoms with E-state index in [1.54, 1.807) is 0 Å². The Bertz CT molecular complexity index is 181. The number of nitrogens with zero attached hydrogens (tertiary/aromatic N) is 1. The summed E-state index contributed by atoms with van der Waals surface area (Å²) in [5.74, 6) is 0. The highest BCUT2D eigenvalue weighted by atomic mass is 15.1. The molecule has 1 rings (SSSR count). The number of hydrogen-bond donors (Lipinski definition) is 1. The lowest BCUT2D eigenvalue weighted by molar-refractivity contribution is 0.195. The predicted octanol–water partition coefficient (Wildman–Crippen LogP) is 2.15. The SMILES string of the molecule is C=C(CC)CN(C)C1CCC(N)CC1. The summed E-state index contributed by atoms with van der Waals surface area (Å²) in [6, 6.07) is 1.19. The Morgan fingerprint density at radius 2 is 1.93 bits per heavy atom. The fraction of sp³-hybridized carbons (Fsp3) is 0.833. The average molecular weight is 196 g/mol. The van der Waals surface area contributed by atoms with Gasteiger partial charge in [0.15, 0.2) is 0 Å². The van der Waals surface area contributed by atoms with Crippen LogP contribution in [0.4, 0.5) is 0 Å². The van der Waals surface area contributed by atoms with E-state index in [0.29, 0.717) is 6.04 Å². The molecule has 0 spiro atoms. The maximum Gasteiger partial charge on any atom is 0.0189 e. The predicted molar refractivity (Wildman–Crippen MR) is 62.3 cm³/mol. The minimum atomic E-state index is 0.453. The van der Waals surface area contributed by atoms with E-state index < -0.39 is 0 Å². The summed E-state index contributed by atoms with van der Waals surface area (Å²) < 4.78 is 0. The highest BCUT2D eigenvalue weighted by Crippen LogP contribution is 2.21. The van der Waals surface area contributed by atoms with Crippen molar-refractivity contribution in [3.05, 3.63) is 12.2 Å². The largest absolute Gasteiger partial charge is 0.328 e. The number of likely N-dealkylation sites (N-methyl/N-ethyl adjacent to an activating group) is 1. The summed E-state index contributed by atoms with van der Waals surface area (Å²) >= 11 is 0. The van der Waals surface area contributed by atoms with Gasteiger partial charge < -0.3 is 5.73 Å². The van der Waals surface area contributed by atoms with Crippen molar-refractivity contribution < 1.29 is 0 Å². The van der Waals surface area contributed by atoms with E-state index in [1.807, 2.05) is 0 Å². The van der Waals surface area contributed by atoms with Crippen LogP contribution in [-0.4, -0.2) is 30.6 Å². The second-order valence-corrected chi connectivity index (χ2v) is 4.59. The number of nitrogens with two attached hydrogens (primary N) is 1. The van der Waals surface area contributed by atoms with Gasteiger partial charge in [0, 0.05) is 18.6 Å². The molecule has 0 bridgehead atoms. The molecule has 0 aliphatic heterocycles. The molecule has 0 unspecified atom stereocenters. The van der Waals surface area contributed by atoms with Crippen molar-refractivity contribution in [1.82, 2.24) is 4.90 Å². The second-order valence-electron chi connectivity index (χ2n) is 4.59. The highest BCUT2D eigenvalue weighted by Gasteiger charge is 2.21. The van der Waals surface area contributed by atoms with Crippen molar-refractivity contribution in [1.29, 1.82) is 0 Å². The lowest BCUT2D eigenvalue weighted by atomic mass is 9.91. The van der Waals surface area contributed by atoms with Gasteiger partial charge in [-0.2, -0.15) is 0 Å². The topological polar surface area (TPSA) is 29.3 Å². The summed E-state index contributed by atoms with van der Waals surface area (Å²) in [4.78, 5) is 2.44. The van der Waals surface area contributed by atoms with Crippen molar-refractivity contribution in [3.8, 4) is 0 Å². The Labute approximate surface area is 88.2 Å². The maximum absolute atomic E-state index is 5.89. The Morgan fingerprint density at radius 1 is 1.36 bits per heavy atom. The van der Waals surface area contributed by atoms with Gasteiger partial charge in [0.1, 0.15) is 0 Å². The molecule has 2 heteroatoms. The zero-order valence-corrected chi connectivity index (χ0v) is 9.63. The van der Waals surface area contributed by atoms with Crippen molar-refractivity contribution in [2.24, 2.45) is 5.73 Å². The van der Waals surface area contributed by atoms with Crippen LogP contribution < -0.4 is 5.73 Å². The van der Waals surface area contributed by atoms with E-state index in [1.165, 1.54) is 31.3 Å². The summed E-state index contributed by atoms with van der Waals surface area (Å²) in [6.45, 7) is 7.28. The summed E-state index contributed by atoms with van der Waals surface area (Å²) in [5.41, 5.74) is 7.22. The quantitative estimate of drug-likeness (QED) is 0.698. The first-order valence-electron chi connectivity index (χ1n) is 5.76. The van der Waals surface area contributed by atoms with Gasteiger partial charge in [-0.05, 0) is 39.2 Å². The van der Waals surface area contributed by atoms with Crippen LogP contribution >= 0.6 is 0 Å². The Kier molecular flexibility index (Phi) is 4.63. The summed E-state index contributed by atoms with van der Waals surface area (Å²) in [5, 5.41) is 0. The minimum Gasteiger partial charge on any atom is -0.328 e. The first kappa shape index (κ1) is 11.7. The lowest BCUT2D eigenvalue weighted by Crippen LogP contribution is -2.39. The standard InChI is InChI=1S/C12H24N2/c1-4-10(2)9-14(3)12-7-5-11(13)6-8-12/h11-12H,2,4-9,13H2,1,3H3. The second kappa shape index (κ2) is 5.52. The Hall–Kier alpha value is -0.340. The van der Waals surface area contributed by atoms with Crippen LogP contribution in [0, 0.1) is 0 Å². The molecule has 0 saturated heterocycles. The molecule has 82 valence electrons. The molecule has 2 nitrogen and oxygen atoms in total. The summed E-state index contributed by atoms with van der Waals surface area (Å²) in [6.07, 6.45) is 5.99. The maximum atomic E-state index is 5.89. The van der Waals surface area contributed by atoms with Gasteiger partial charge in [-0.3, -0.25) is 4.90 Å². The van der Waals surface area contributed by atoms with E-state index in [0.717, 1.165) is 19.0 Å². The fourth-order valence-corrected chi connectivity index (χ4v) is 2.14. The first-order valence-corrected chi connectivity index (χ1v) is 5.76. The van der Waals surface area contributed by atoms with Crippen molar-refractivity contribution in [2.45, 2.75) is 51.1 Å². The van der Waals surface area contributed by atoms with Gasteiger partial charge in [0.25, 0.3) is 0 Å². The van der Waals surface area contributed by atoms with Crippen LogP contribution in [0.25, 0.3) is 0 Å². The van der Waals surface area contributed by atoms with Gasteiger partial charge in [-0.25, -0.2) is 0 Å². The van der Waals surface area contributed by atoms with E-state index in [2.05, 4.69) is 25.5 Å². The molecular weight excluding hydrogens is 172 g/mol. The summed E-state index contributed by atoms with van der Waals surface area (Å²) in [7, 11) is 2.21. The molecule has 0 amide bonds. The zero-order chi connectivity index (χ0) is 10.6. The van der Waals surface area contributed by atoms with Gasteiger partial charge >= 0.3 is 0 Å². The van der Waals surface area contributed by atoms with Crippen LogP contribution in [0.1, 0.15) is 39.0 Å². The average Bonchev–Trinajstić information content (AvgIpc) is 2.18. The third kappa shape index (κ3) is 3.43. The molecule has 0 aromatic carbocycles. The molecule has 1 aliphatic carbocycles. The third-order valence-corrected chi connectivity index (χ3v) is 3.34. The van der Waals surface area contributed by atoms with Gasteiger partial charge in [-0.15, -0.1) is 0 Å². The number of rotatable bonds is 4. The van der Waals surface area contributed by atoms with Crippen LogP contribution in [-0.2, 0) is 0 Å². The van der Waals surface area contributed by atoms with E-state index in [9.17, 15) is 0 Å². The molecule has 0 radical (unpaired) electrons. The molecule has 0 atom stereocenters. The van der Waals surface area contributed by atoms with Gasteiger partial charge in [0.05, 0.1) is 0 Å².